The van der Waals surface area contributed by atoms with Crippen LogP contribution in [-0.2, 0) is 9.74 Å². The van der Waals surface area contributed by atoms with Crippen molar-refractivity contribution in [3.63, 3.8) is 0 Å². The van der Waals surface area contributed by atoms with Gasteiger partial charge in [-0.2, -0.15) is 4.94 Å². The lowest BCUT2D eigenvalue weighted by atomic mass is 10.0. The molecule has 0 aromatic carbocycles. The molecule has 0 amide bonds. The first-order valence-corrected chi connectivity index (χ1v) is 3.46. The van der Waals surface area contributed by atoms with E-state index in [0.29, 0.717) is 0 Å². The maximum Gasteiger partial charge on any atom is 0.159 e. The number of hydrogen-bond acceptors (Lipinski definition) is 6. The van der Waals surface area contributed by atoms with Crippen LogP contribution in [0.4, 0.5) is 4.53 Å². The van der Waals surface area contributed by atoms with Crippen molar-refractivity contribution in [2.75, 3.05) is 6.61 Å². The van der Waals surface area contributed by atoms with E-state index in [1.165, 1.54) is 0 Å². The summed E-state index contributed by atoms with van der Waals surface area (Å²) >= 11 is 0. The Morgan fingerprint density at radius 1 is 1.38 bits per heavy atom. The Balaban J connectivity index is 4.29. The fraction of sp³-hybridized carbons (Fsp3) is 0.833. The predicted molar refractivity (Wildman–Crippen MR) is 37.2 cm³/mol. The highest BCUT2D eigenvalue weighted by molar-refractivity contribution is 5.56. The number of aliphatic hydroxyl groups is 4. The molecule has 78 valence electrons. The van der Waals surface area contributed by atoms with Crippen molar-refractivity contribution >= 4 is 6.29 Å². The molecule has 0 saturated carbocycles. The largest absolute Gasteiger partial charge is 0.394 e. The van der Waals surface area contributed by atoms with Crippen LogP contribution in [0.25, 0.3) is 0 Å². The lowest BCUT2D eigenvalue weighted by Gasteiger charge is -2.23. The van der Waals surface area contributed by atoms with Crippen LogP contribution in [-0.4, -0.2) is 57.7 Å². The Kier molecular flexibility index (Phi) is 5.67. The van der Waals surface area contributed by atoms with Gasteiger partial charge in [0, 0.05) is 0 Å². The quantitative estimate of drug-likeness (QED) is 0.352. The summed E-state index contributed by atoms with van der Waals surface area (Å²) in [6.07, 6.45) is -7.43. The van der Waals surface area contributed by atoms with Gasteiger partial charge < -0.3 is 25.2 Å². The highest BCUT2D eigenvalue weighted by Gasteiger charge is 2.33. The van der Waals surface area contributed by atoms with Gasteiger partial charge in [-0.25, -0.2) is 0 Å². The van der Waals surface area contributed by atoms with Crippen molar-refractivity contribution in [2.45, 2.75) is 24.4 Å². The molecular weight excluding hydrogens is 187 g/mol. The van der Waals surface area contributed by atoms with Crippen LogP contribution in [0, 0.1) is 0 Å². The fourth-order valence-electron chi connectivity index (χ4n) is 0.712. The van der Waals surface area contributed by atoms with Gasteiger partial charge in [0.1, 0.15) is 18.3 Å². The maximum absolute atomic E-state index is 11.7. The second-order valence-corrected chi connectivity index (χ2v) is 2.42. The summed E-state index contributed by atoms with van der Waals surface area (Å²) in [6.45, 7) is -0.841. The number of carbonyl (C=O) groups is 1. The summed E-state index contributed by atoms with van der Waals surface area (Å²) in [5.41, 5.74) is 0. The molecule has 0 fully saturated rings. The Bertz CT molecular complexity index is 154. The zero-order valence-corrected chi connectivity index (χ0v) is 6.58. The zero-order chi connectivity index (χ0) is 10.4. The van der Waals surface area contributed by atoms with Gasteiger partial charge in [-0.3, -0.25) is 0 Å². The van der Waals surface area contributed by atoms with Crippen LogP contribution < -0.4 is 0 Å². The van der Waals surface area contributed by atoms with Crippen LogP contribution in [0.1, 0.15) is 0 Å². The number of carbonyl (C=O) groups excluding carboxylic acids is 1. The first kappa shape index (κ1) is 12.4. The van der Waals surface area contributed by atoms with E-state index >= 15 is 0 Å². The Morgan fingerprint density at radius 3 is 2.23 bits per heavy atom. The van der Waals surface area contributed by atoms with Crippen molar-refractivity contribution in [3.05, 3.63) is 0 Å². The molecule has 0 saturated heterocycles. The molecule has 0 aliphatic heterocycles. The average Bonchev–Trinajstić information content (AvgIpc) is 2.17. The van der Waals surface area contributed by atoms with E-state index in [4.69, 9.17) is 20.4 Å². The Labute approximate surface area is 73.1 Å². The normalized spacial score (nSPS) is 20.4. The molecule has 7 heteroatoms. The molecule has 6 nitrogen and oxygen atoms in total. The standard InChI is InChI=1S/C6H11FO6/c7-13-6(4(11)2-9)5(12)3(10)1-8/h2-6,8,10-12H,1H2. The molecule has 0 aliphatic rings. The molecule has 4 unspecified atom stereocenters. The van der Waals surface area contributed by atoms with Crippen LogP contribution in [0.3, 0.4) is 0 Å². The molecule has 0 rings (SSSR count). The van der Waals surface area contributed by atoms with Crippen molar-refractivity contribution < 1.29 is 34.7 Å². The minimum Gasteiger partial charge on any atom is -0.394 e. The molecular formula is C6H11FO6. The zero-order valence-electron chi connectivity index (χ0n) is 6.58. The van der Waals surface area contributed by atoms with Gasteiger partial charge in [0.15, 0.2) is 12.4 Å². The smallest absolute Gasteiger partial charge is 0.159 e. The maximum atomic E-state index is 11.7. The molecule has 0 radical (unpaired) electrons. The number of rotatable bonds is 6. The number of aliphatic hydroxyl groups excluding tert-OH is 4. The van der Waals surface area contributed by atoms with E-state index in [1.54, 1.807) is 0 Å². The topological polar surface area (TPSA) is 107 Å². The SMILES string of the molecule is O=CC(O)C(OF)C(O)C(O)CO. The summed E-state index contributed by atoms with van der Waals surface area (Å²) in [5.74, 6) is 0. The summed E-state index contributed by atoms with van der Waals surface area (Å²) in [5, 5.41) is 34.9. The third-order valence-corrected chi connectivity index (χ3v) is 1.50. The van der Waals surface area contributed by atoms with Crippen LogP contribution in [0.5, 0.6) is 0 Å². The highest BCUT2D eigenvalue weighted by Crippen LogP contribution is 2.08. The van der Waals surface area contributed by atoms with E-state index in [0.717, 1.165) is 0 Å². The third-order valence-electron chi connectivity index (χ3n) is 1.50. The lowest BCUT2D eigenvalue weighted by Crippen LogP contribution is -2.46. The van der Waals surface area contributed by atoms with E-state index in [9.17, 15) is 9.32 Å². The molecule has 0 spiro atoms. The minimum atomic E-state index is -1.90. The second-order valence-electron chi connectivity index (χ2n) is 2.42. The fourth-order valence-corrected chi connectivity index (χ4v) is 0.712. The van der Waals surface area contributed by atoms with Crippen molar-refractivity contribution in [3.8, 4) is 0 Å². The van der Waals surface area contributed by atoms with Gasteiger partial charge in [0.05, 0.1) is 6.61 Å². The third kappa shape index (κ3) is 3.33. The van der Waals surface area contributed by atoms with E-state index < -0.39 is 31.0 Å². The second kappa shape index (κ2) is 5.95. The Morgan fingerprint density at radius 2 is 1.92 bits per heavy atom. The number of halogens is 1. The molecule has 4 atom stereocenters. The van der Waals surface area contributed by atoms with E-state index in [1.807, 2.05) is 0 Å². The number of hydrogen-bond donors (Lipinski definition) is 4. The molecule has 13 heavy (non-hydrogen) atoms. The van der Waals surface area contributed by atoms with Crippen LogP contribution >= 0.6 is 0 Å². The van der Waals surface area contributed by atoms with Gasteiger partial charge in [0.25, 0.3) is 0 Å². The van der Waals surface area contributed by atoms with Gasteiger partial charge in [-0.15, -0.1) is 0 Å². The minimum absolute atomic E-state index is 0.0580. The van der Waals surface area contributed by atoms with Gasteiger partial charge in [-0.05, 0) is 4.53 Å². The Hall–Kier alpha value is -0.600. The predicted octanol–water partition coefficient (Wildman–Crippen LogP) is -2.47. The van der Waals surface area contributed by atoms with Gasteiger partial charge in [0.2, 0.25) is 0 Å². The van der Waals surface area contributed by atoms with Crippen LogP contribution in [0.2, 0.25) is 0 Å². The highest BCUT2D eigenvalue weighted by atomic mass is 19.3. The first-order chi connectivity index (χ1) is 6.08. The summed E-state index contributed by atoms with van der Waals surface area (Å²) in [6, 6.07) is 0. The van der Waals surface area contributed by atoms with Gasteiger partial charge >= 0.3 is 0 Å². The summed E-state index contributed by atoms with van der Waals surface area (Å²) in [4.78, 5) is 13.1. The van der Waals surface area contributed by atoms with Crippen LogP contribution in [0.15, 0.2) is 0 Å². The monoisotopic (exact) mass is 198 g/mol. The summed E-state index contributed by atoms with van der Waals surface area (Å²) in [7, 11) is 0. The average molecular weight is 198 g/mol. The van der Waals surface area contributed by atoms with Gasteiger partial charge in [-0.1, -0.05) is 0 Å². The van der Waals surface area contributed by atoms with Crippen molar-refractivity contribution in [2.24, 2.45) is 0 Å². The molecule has 0 heterocycles. The lowest BCUT2D eigenvalue weighted by molar-refractivity contribution is -0.246. The first-order valence-electron chi connectivity index (χ1n) is 3.46. The van der Waals surface area contributed by atoms with E-state index in [-0.39, 0.29) is 6.29 Å². The van der Waals surface area contributed by atoms with Crippen molar-refractivity contribution in [1.82, 2.24) is 0 Å². The molecule has 0 aliphatic carbocycles. The summed E-state index contributed by atoms with van der Waals surface area (Å²) < 4.78 is 11.7. The molecule has 0 aromatic rings. The van der Waals surface area contributed by atoms with E-state index in [2.05, 4.69) is 4.94 Å². The molecule has 0 bridgehead atoms. The van der Waals surface area contributed by atoms with Crippen molar-refractivity contribution in [1.29, 1.82) is 0 Å². The molecule has 4 N–H and O–H groups in total. The number of aldehydes is 1. The molecule has 0 aromatic heterocycles.